The summed E-state index contributed by atoms with van der Waals surface area (Å²) in [7, 11) is 4.16. The van der Waals surface area contributed by atoms with E-state index in [4.69, 9.17) is 0 Å². The third kappa shape index (κ3) is 2.47. The van der Waals surface area contributed by atoms with E-state index < -0.39 is 0 Å². The lowest BCUT2D eigenvalue weighted by molar-refractivity contribution is -0.138. The fraction of sp³-hybridized carbons (Fsp3) is 0.909. The zero-order valence-electron chi connectivity index (χ0n) is 10.0. The van der Waals surface area contributed by atoms with Crippen LogP contribution in [0, 0.1) is 5.41 Å². The molecule has 1 fully saturated rings. The molecule has 1 atom stereocenters. The molecule has 0 saturated carbocycles. The molecule has 0 unspecified atom stereocenters. The van der Waals surface area contributed by atoms with Crippen LogP contribution in [0.2, 0.25) is 0 Å². The van der Waals surface area contributed by atoms with Crippen molar-refractivity contribution in [2.45, 2.75) is 33.2 Å². The lowest BCUT2D eigenvalue weighted by atomic mass is 9.95. The maximum atomic E-state index is 11.9. The Balaban J connectivity index is 2.54. The zero-order valence-corrected chi connectivity index (χ0v) is 10.0. The highest BCUT2D eigenvalue weighted by Gasteiger charge is 2.33. The molecule has 0 radical (unpaired) electrons. The molecule has 1 amide bonds. The molecule has 0 aromatic rings. The normalized spacial score (nSPS) is 23.3. The van der Waals surface area contributed by atoms with Crippen molar-refractivity contribution in [3.63, 3.8) is 0 Å². The monoisotopic (exact) mass is 198 g/mol. The van der Waals surface area contributed by atoms with Gasteiger partial charge in [-0.3, -0.25) is 4.79 Å². The molecule has 3 heteroatoms. The molecule has 0 spiro atoms. The van der Waals surface area contributed by atoms with E-state index in [0.29, 0.717) is 6.04 Å². The second-order valence-corrected chi connectivity index (χ2v) is 5.41. The van der Waals surface area contributed by atoms with Gasteiger partial charge in [0.1, 0.15) is 0 Å². The molecule has 14 heavy (non-hydrogen) atoms. The number of carbonyl (C=O) groups is 1. The van der Waals surface area contributed by atoms with Crippen LogP contribution in [-0.4, -0.2) is 48.9 Å². The maximum Gasteiger partial charge on any atom is 0.228 e. The van der Waals surface area contributed by atoms with Crippen LogP contribution < -0.4 is 0 Å². The first-order valence-corrected chi connectivity index (χ1v) is 5.28. The van der Waals surface area contributed by atoms with Gasteiger partial charge in [0, 0.05) is 24.5 Å². The third-order valence-corrected chi connectivity index (χ3v) is 2.82. The summed E-state index contributed by atoms with van der Waals surface area (Å²) in [4.78, 5) is 16.1. The lowest BCUT2D eigenvalue weighted by Gasteiger charge is -2.26. The maximum absolute atomic E-state index is 11.9. The first-order chi connectivity index (χ1) is 6.32. The van der Waals surface area contributed by atoms with Crippen molar-refractivity contribution >= 4 is 5.91 Å². The molecule has 82 valence electrons. The van der Waals surface area contributed by atoms with Gasteiger partial charge in [-0.15, -0.1) is 0 Å². The van der Waals surface area contributed by atoms with Gasteiger partial charge in [-0.1, -0.05) is 20.8 Å². The van der Waals surface area contributed by atoms with Crippen LogP contribution in [0.4, 0.5) is 0 Å². The summed E-state index contributed by atoms with van der Waals surface area (Å²) in [5.74, 6) is 0.279. The van der Waals surface area contributed by atoms with E-state index in [1.54, 1.807) is 0 Å². The second-order valence-electron chi connectivity index (χ2n) is 5.41. The minimum Gasteiger partial charge on any atom is -0.341 e. The number of amides is 1. The quantitative estimate of drug-likeness (QED) is 0.632. The van der Waals surface area contributed by atoms with Crippen molar-refractivity contribution < 1.29 is 4.79 Å². The molecular weight excluding hydrogens is 176 g/mol. The number of nitrogens with zero attached hydrogens (tertiary/aromatic N) is 2. The molecule has 0 aliphatic carbocycles. The van der Waals surface area contributed by atoms with Gasteiger partial charge in [0.05, 0.1) is 0 Å². The summed E-state index contributed by atoms with van der Waals surface area (Å²) < 4.78 is 0. The van der Waals surface area contributed by atoms with Gasteiger partial charge in [0.25, 0.3) is 0 Å². The van der Waals surface area contributed by atoms with Gasteiger partial charge in [-0.2, -0.15) is 0 Å². The summed E-state index contributed by atoms with van der Waals surface area (Å²) in [6.07, 6.45) is 1.11. The third-order valence-electron chi connectivity index (χ3n) is 2.82. The summed E-state index contributed by atoms with van der Waals surface area (Å²) in [6.45, 7) is 7.76. The molecule has 1 rings (SSSR count). The fourth-order valence-electron chi connectivity index (χ4n) is 1.82. The molecule has 3 nitrogen and oxygen atoms in total. The van der Waals surface area contributed by atoms with Crippen LogP contribution in [0.25, 0.3) is 0 Å². The fourth-order valence-corrected chi connectivity index (χ4v) is 1.82. The molecule has 0 aromatic carbocycles. The van der Waals surface area contributed by atoms with Crippen molar-refractivity contribution in [2.24, 2.45) is 5.41 Å². The second kappa shape index (κ2) is 3.89. The van der Waals surface area contributed by atoms with Crippen LogP contribution in [0.15, 0.2) is 0 Å². The van der Waals surface area contributed by atoms with Crippen LogP contribution in [0.1, 0.15) is 27.2 Å². The average Bonchev–Trinajstić information content (AvgIpc) is 2.48. The highest BCUT2D eigenvalue weighted by molar-refractivity contribution is 5.81. The summed E-state index contributed by atoms with van der Waals surface area (Å²) >= 11 is 0. The number of likely N-dealkylation sites (tertiary alicyclic amines) is 1. The Morgan fingerprint density at radius 1 is 1.36 bits per heavy atom. The van der Waals surface area contributed by atoms with Gasteiger partial charge in [-0.25, -0.2) is 0 Å². The minimum absolute atomic E-state index is 0.235. The lowest BCUT2D eigenvalue weighted by Crippen LogP contribution is -2.40. The van der Waals surface area contributed by atoms with Gasteiger partial charge in [-0.05, 0) is 20.5 Å². The van der Waals surface area contributed by atoms with E-state index in [1.165, 1.54) is 0 Å². The molecule has 1 saturated heterocycles. The van der Waals surface area contributed by atoms with E-state index in [9.17, 15) is 4.79 Å². The highest BCUT2D eigenvalue weighted by atomic mass is 16.2. The smallest absolute Gasteiger partial charge is 0.228 e. The van der Waals surface area contributed by atoms with Gasteiger partial charge < -0.3 is 9.80 Å². The molecule has 1 heterocycles. The summed E-state index contributed by atoms with van der Waals surface area (Å²) in [5.41, 5.74) is -0.235. The number of likely N-dealkylation sites (N-methyl/N-ethyl adjacent to an activating group) is 1. The predicted molar refractivity (Wildman–Crippen MR) is 58.1 cm³/mol. The Morgan fingerprint density at radius 3 is 2.29 bits per heavy atom. The SMILES string of the molecule is CN(C)[C@H]1CCN(C(=O)C(C)(C)C)C1. The van der Waals surface area contributed by atoms with Crippen LogP contribution in [0.5, 0.6) is 0 Å². The van der Waals surface area contributed by atoms with E-state index >= 15 is 0 Å². The Labute approximate surface area is 87.1 Å². The number of hydrogen-bond acceptors (Lipinski definition) is 2. The van der Waals surface area contributed by atoms with Gasteiger partial charge in [0.15, 0.2) is 0 Å². The summed E-state index contributed by atoms with van der Waals surface area (Å²) in [6, 6.07) is 0.543. The number of carbonyl (C=O) groups excluding carboxylic acids is 1. The van der Waals surface area contributed by atoms with Gasteiger partial charge >= 0.3 is 0 Å². The highest BCUT2D eigenvalue weighted by Crippen LogP contribution is 2.22. The topological polar surface area (TPSA) is 23.6 Å². The largest absolute Gasteiger partial charge is 0.341 e. The van der Waals surface area contributed by atoms with E-state index in [1.807, 2.05) is 25.7 Å². The molecule has 0 N–H and O–H groups in total. The predicted octanol–water partition coefficient (Wildman–Crippen LogP) is 1.19. The first-order valence-electron chi connectivity index (χ1n) is 5.28. The number of hydrogen-bond donors (Lipinski definition) is 0. The van der Waals surface area contributed by atoms with Crippen molar-refractivity contribution in [2.75, 3.05) is 27.2 Å². The van der Waals surface area contributed by atoms with Gasteiger partial charge in [0.2, 0.25) is 5.91 Å². The van der Waals surface area contributed by atoms with Crippen LogP contribution in [-0.2, 0) is 4.79 Å². The van der Waals surface area contributed by atoms with Crippen molar-refractivity contribution in [3.05, 3.63) is 0 Å². The summed E-state index contributed by atoms with van der Waals surface area (Å²) in [5, 5.41) is 0. The molecule has 1 aliphatic rings. The van der Waals surface area contributed by atoms with Crippen molar-refractivity contribution in [1.29, 1.82) is 0 Å². The molecule has 1 aliphatic heterocycles. The van der Waals surface area contributed by atoms with E-state index in [0.717, 1.165) is 19.5 Å². The Hall–Kier alpha value is -0.570. The van der Waals surface area contributed by atoms with E-state index in [-0.39, 0.29) is 11.3 Å². The Kier molecular flexibility index (Phi) is 3.20. The molecule has 0 bridgehead atoms. The Bertz CT molecular complexity index is 218. The average molecular weight is 198 g/mol. The zero-order chi connectivity index (χ0) is 10.9. The number of rotatable bonds is 1. The first kappa shape index (κ1) is 11.5. The van der Waals surface area contributed by atoms with Crippen molar-refractivity contribution in [1.82, 2.24) is 9.80 Å². The molecule has 0 aromatic heterocycles. The molecular formula is C11H22N2O. The van der Waals surface area contributed by atoms with Crippen LogP contribution in [0.3, 0.4) is 0 Å². The van der Waals surface area contributed by atoms with Crippen LogP contribution >= 0.6 is 0 Å². The van der Waals surface area contributed by atoms with Crippen molar-refractivity contribution in [3.8, 4) is 0 Å². The standard InChI is InChI=1S/C11H22N2O/c1-11(2,3)10(14)13-7-6-9(8-13)12(4)5/h9H,6-8H2,1-5H3/t9-/m0/s1. The minimum atomic E-state index is -0.235. The Morgan fingerprint density at radius 2 is 1.93 bits per heavy atom. The van der Waals surface area contributed by atoms with E-state index in [2.05, 4.69) is 19.0 Å².